The highest BCUT2D eigenvalue weighted by Crippen LogP contribution is 2.28. The van der Waals surface area contributed by atoms with E-state index in [1.165, 1.54) is 0 Å². The molecule has 28 heavy (non-hydrogen) atoms. The van der Waals surface area contributed by atoms with Crippen LogP contribution in [0, 0.1) is 0 Å². The number of fused-ring (bicyclic) bond motifs is 1. The number of aromatic nitrogens is 1. The molecule has 0 atom stereocenters. The van der Waals surface area contributed by atoms with E-state index >= 15 is 0 Å². The van der Waals surface area contributed by atoms with Crippen molar-refractivity contribution in [2.24, 2.45) is 0 Å². The summed E-state index contributed by atoms with van der Waals surface area (Å²) in [4.78, 5) is 26.1. The van der Waals surface area contributed by atoms with Crippen molar-refractivity contribution in [3.8, 4) is 11.1 Å². The van der Waals surface area contributed by atoms with E-state index in [1.807, 2.05) is 49.4 Å². The van der Waals surface area contributed by atoms with E-state index in [1.54, 1.807) is 11.9 Å². The zero-order chi connectivity index (χ0) is 19.7. The number of ketones is 1. The molecule has 142 valence electrons. The molecule has 0 saturated carbocycles. The van der Waals surface area contributed by atoms with Gasteiger partial charge in [-0.15, -0.1) is 0 Å². The number of hydrogen-bond donors (Lipinski definition) is 0. The molecule has 1 heterocycles. The van der Waals surface area contributed by atoms with Gasteiger partial charge in [-0.2, -0.15) is 0 Å². The van der Waals surface area contributed by atoms with Crippen LogP contribution in [0.25, 0.3) is 11.1 Å². The van der Waals surface area contributed by atoms with Gasteiger partial charge in [-0.25, -0.2) is 0 Å². The van der Waals surface area contributed by atoms with Crippen LogP contribution in [0.5, 0.6) is 0 Å². The number of benzene rings is 2. The fraction of sp³-hybridized carbons (Fsp3) is 0.261. The van der Waals surface area contributed by atoms with E-state index in [0.717, 1.165) is 40.8 Å². The lowest BCUT2D eigenvalue weighted by atomic mass is 9.99. The van der Waals surface area contributed by atoms with Crippen LogP contribution in [0.15, 0.2) is 53.1 Å². The molecule has 1 aromatic heterocycles. The molecule has 0 bridgehead atoms. The van der Waals surface area contributed by atoms with Crippen LogP contribution in [0.2, 0.25) is 0 Å². The fourth-order valence-corrected chi connectivity index (χ4v) is 3.56. The molecular weight excluding hydrogens is 352 g/mol. The number of carbonyl (C=O) groups excluding carboxylic acids is 2. The summed E-state index contributed by atoms with van der Waals surface area (Å²) in [5.41, 5.74) is 5.56. The highest BCUT2D eigenvalue weighted by atomic mass is 16.5. The number of aryl methyl sites for hydroxylation is 2. The lowest BCUT2D eigenvalue weighted by Crippen LogP contribution is -2.25. The molecule has 0 fully saturated rings. The summed E-state index contributed by atoms with van der Waals surface area (Å²) in [6.07, 6.45) is 2.22. The second kappa shape index (κ2) is 7.43. The van der Waals surface area contributed by atoms with Crippen LogP contribution in [0.3, 0.4) is 0 Å². The third-order valence-electron chi connectivity index (χ3n) is 5.20. The Bertz CT molecular complexity index is 1030. The van der Waals surface area contributed by atoms with Crippen molar-refractivity contribution >= 4 is 11.7 Å². The molecule has 4 rings (SSSR count). The first-order chi connectivity index (χ1) is 13.5. The Hall–Kier alpha value is -3.21. The molecule has 0 saturated heterocycles. The average molecular weight is 374 g/mol. The quantitative estimate of drug-likeness (QED) is 0.668. The smallest absolute Gasteiger partial charge is 0.254 e. The van der Waals surface area contributed by atoms with E-state index in [-0.39, 0.29) is 11.7 Å². The Balaban J connectivity index is 1.48. The van der Waals surface area contributed by atoms with Gasteiger partial charge in [0.15, 0.2) is 11.5 Å². The van der Waals surface area contributed by atoms with Gasteiger partial charge in [0.05, 0.1) is 12.2 Å². The Kier molecular flexibility index (Phi) is 4.82. The van der Waals surface area contributed by atoms with Gasteiger partial charge in [0.1, 0.15) is 0 Å². The monoisotopic (exact) mass is 374 g/mol. The average Bonchev–Trinajstić information content (AvgIpc) is 3.33. The molecule has 0 aliphatic heterocycles. The van der Waals surface area contributed by atoms with Gasteiger partial charge in [0.25, 0.3) is 5.91 Å². The number of amides is 1. The molecule has 1 amide bonds. The maximum atomic E-state index is 12.7. The van der Waals surface area contributed by atoms with Gasteiger partial charge in [0.2, 0.25) is 0 Å². The van der Waals surface area contributed by atoms with Crippen LogP contribution < -0.4 is 0 Å². The summed E-state index contributed by atoms with van der Waals surface area (Å²) in [5.74, 6) is 0.834. The molecule has 0 radical (unpaired) electrons. The standard InChI is InChI=1S/C23H22N2O3/c1-3-19-13-20(28-24-19)14-25(2)23(27)16-6-4-15(5-7-16)17-8-10-21-18(12-17)9-11-22(21)26/h4-8,10,12-13H,3,9,11,14H2,1-2H3. The third kappa shape index (κ3) is 3.48. The van der Waals surface area contributed by atoms with Crippen molar-refractivity contribution in [3.05, 3.63) is 76.7 Å². The number of Topliss-reactive ketones (excluding diaryl/α,β-unsaturated/α-hetero) is 1. The molecule has 2 aromatic carbocycles. The molecular formula is C23H22N2O3. The van der Waals surface area contributed by atoms with Gasteiger partial charge in [-0.05, 0) is 41.7 Å². The first-order valence-electron chi connectivity index (χ1n) is 9.51. The SMILES string of the molecule is CCc1cc(CN(C)C(=O)c2ccc(-c3ccc4c(c3)CCC4=O)cc2)on1. The molecule has 5 nitrogen and oxygen atoms in total. The van der Waals surface area contributed by atoms with E-state index in [0.29, 0.717) is 24.3 Å². The summed E-state index contributed by atoms with van der Waals surface area (Å²) in [7, 11) is 1.75. The third-order valence-corrected chi connectivity index (χ3v) is 5.20. The van der Waals surface area contributed by atoms with Gasteiger partial charge >= 0.3 is 0 Å². The van der Waals surface area contributed by atoms with Gasteiger partial charge < -0.3 is 9.42 Å². The zero-order valence-electron chi connectivity index (χ0n) is 16.1. The van der Waals surface area contributed by atoms with Crippen molar-refractivity contribution in [2.45, 2.75) is 32.7 Å². The Morgan fingerprint density at radius 1 is 1.07 bits per heavy atom. The summed E-state index contributed by atoms with van der Waals surface area (Å²) >= 11 is 0. The minimum Gasteiger partial charge on any atom is -0.359 e. The second-order valence-electron chi connectivity index (χ2n) is 7.17. The fourth-order valence-electron chi connectivity index (χ4n) is 3.56. The van der Waals surface area contributed by atoms with Gasteiger partial charge in [-0.1, -0.05) is 42.4 Å². The summed E-state index contributed by atoms with van der Waals surface area (Å²) in [6.45, 7) is 2.39. The van der Waals surface area contributed by atoms with Crippen LogP contribution in [-0.2, 0) is 19.4 Å². The first kappa shape index (κ1) is 18.2. The number of carbonyl (C=O) groups is 2. The first-order valence-corrected chi connectivity index (χ1v) is 9.51. The zero-order valence-corrected chi connectivity index (χ0v) is 16.1. The molecule has 1 aliphatic carbocycles. The lowest BCUT2D eigenvalue weighted by molar-refractivity contribution is 0.0772. The van der Waals surface area contributed by atoms with Crippen molar-refractivity contribution < 1.29 is 14.1 Å². The van der Waals surface area contributed by atoms with Crippen molar-refractivity contribution in [2.75, 3.05) is 7.05 Å². The largest absolute Gasteiger partial charge is 0.359 e. The van der Waals surface area contributed by atoms with Crippen molar-refractivity contribution in [1.29, 1.82) is 0 Å². The summed E-state index contributed by atoms with van der Waals surface area (Å²) in [6, 6.07) is 15.4. The normalized spacial score (nSPS) is 12.9. The molecule has 1 aliphatic rings. The van der Waals surface area contributed by atoms with Crippen LogP contribution in [0.4, 0.5) is 0 Å². The van der Waals surface area contributed by atoms with E-state index in [4.69, 9.17) is 4.52 Å². The molecule has 0 unspecified atom stereocenters. The highest BCUT2D eigenvalue weighted by molar-refractivity contribution is 6.01. The van der Waals surface area contributed by atoms with Crippen molar-refractivity contribution in [3.63, 3.8) is 0 Å². The second-order valence-corrected chi connectivity index (χ2v) is 7.17. The lowest BCUT2D eigenvalue weighted by Gasteiger charge is -2.15. The van der Waals surface area contributed by atoms with E-state index < -0.39 is 0 Å². The maximum Gasteiger partial charge on any atom is 0.254 e. The van der Waals surface area contributed by atoms with Crippen LogP contribution >= 0.6 is 0 Å². The Morgan fingerprint density at radius 2 is 1.82 bits per heavy atom. The number of nitrogens with zero attached hydrogens (tertiary/aromatic N) is 2. The highest BCUT2D eigenvalue weighted by Gasteiger charge is 2.20. The molecule has 5 heteroatoms. The molecule has 3 aromatic rings. The van der Waals surface area contributed by atoms with Crippen LogP contribution in [-0.4, -0.2) is 28.8 Å². The van der Waals surface area contributed by atoms with Gasteiger partial charge in [-0.3, -0.25) is 9.59 Å². The number of rotatable bonds is 5. The van der Waals surface area contributed by atoms with E-state index in [2.05, 4.69) is 11.2 Å². The van der Waals surface area contributed by atoms with Crippen LogP contribution in [0.1, 0.15) is 51.1 Å². The predicted molar refractivity (Wildman–Crippen MR) is 106 cm³/mol. The predicted octanol–water partition coefficient (Wildman–Crippen LogP) is 4.31. The van der Waals surface area contributed by atoms with E-state index in [9.17, 15) is 9.59 Å². The van der Waals surface area contributed by atoms with Gasteiger partial charge in [0, 0.05) is 30.7 Å². The Morgan fingerprint density at radius 3 is 2.54 bits per heavy atom. The molecule has 0 N–H and O–H groups in total. The summed E-state index contributed by atoms with van der Waals surface area (Å²) < 4.78 is 5.27. The Labute approximate surface area is 164 Å². The summed E-state index contributed by atoms with van der Waals surface area (Å²) in [5, 5.41) is 3.96. The maximum absolute atomic E-state index is 12.7. The minimum absolute atomic E-state index is 0.0689. The number of hydrogen-bond acceptors (Lipinski definition) is 4. The molecule has 0 spiro atoms. The topological polar surface area (TPSA) is 63.4 Å². The van der Waals surface area contributed by atoms with Crippen molar-refractivity contribution in [1.82, 2.24) is 10.1 Å². The minimum atomic E-state index is -0.0689.